The van der Waals surface area contributed by atoms with Crippen molar-refractivity contribution in [3.63, 3.8) is 0 Å². The second kappa shape index (κ2) is 42.0. The van der Waals surface area contributed by atoms with E-state index < -0.39 is 0 Å². The van der Waals surface area contributed by atoms with Gasteiger partial charge in [0.05, 0.1) is 67.3 Å². The van der Waals surface area contributed by atoms with Gasteiger partial charge in [0.25, 0.3) is 0 Å². The van der Waals surface area contributed by atoms with Gasteiger partial charge >= 0.3 is 0 Å². The van der Waals surface area contributed by atoms with Crippen LogP contribution in [0.3, 0.4) is 0 Å². The lowest BCUT2D eigenvalue weighted by molar-refractivity contribution is 1.22. The maximum absolute atomic E-state index is 6.26. The molecule has 27 rings (SSSR count). The van der Waals surface area contributed by atoms with Gasteiger partial charge in [0.2, 0.25) is 31.7 Å². The molecule has 0 aliphatic rings. The van der Waals surface area contributed by atoms with E-state index in [1.165, 1.54) is 87.2 Å². The van der Waals surface area contributed by atoms with E-state index in [0.717, 1.165) is 149 Å². The van der Waals surface area contributed by atoms with Crippen molar-refractivity contribution in [2.75, 3.05) is 0 Å². The normalized spacial score (nSPS) is 11.1. The highest BCUT2D eigenvalue weighted by molar-refractivity contribution is 6.31. The number of aromatic nitrogens is 12. The SMILES string of the molecule is Cc1ccc(-c2nc(Cl)nc3ccccc23)c2ccccc12.Clc1nc(-c2cc(-c3ccccc3)cc3ccccc23)c2ccccc2n1.Clc1nc(-c2ccc(-c3ccccc3)c3ccccc23)c2ccccc2n1.Clc1nc(-c2ccc3ccc(-c4ccccc4)cc3c2)c2ccccc2n1.Clc1nc(-c2ccc3ccccc3c2)c2ccccc2n1.Clc1nc(-c2cccc3ccccc23)c2ccccc2n1. The number of nitrogens with zero attached hydrogens (tertiary/aromatic N) is 12. The van der Waals surface area contributed by atoms with Crippen molar-refractivity contribution in [3.8, 4) is 101 Å². The number of benzene rings is 21. The van der Waals surface area contributed by atoms with E-state index in [-0.39, 0.29) is 31.7 Å². The minimum absolute atomic E-state index is 0.262. The molecule has 0 saturated carbocycles. The van der Waals surface area contributed by atoms with Crippen LogP contribution in [0, 0.1) is 6.92 Å². The number of rotatable bonds is 9. The Morgan fingerprint density at radius 3 is 0.834 bits per heavy atom. The molecule has 27 aromatic rings. The average Bonchev–Trinajstić information content (AvgIpc) is 0.770. The summed E-state index contributed by atoms with van der Waals surface area (Å²) in [7, 11) is 0. The number of para-hydroxylation sites is 6. The van der Waals surface area contributed by atoms with Crippen LogP contribution in [0.15, 0.2) is 467 Å². The molecule has 0 saturated heterocycles. The van der Waals surface area contributed by atoms with Crippen molar-refractivity contribution in [2.24, 2.45) is 0 Å². The zero-order chi connectivity index (χ0) is 98.2. The van der Waals surface area contributed by atoms with Gasteiger partial charge in [0, 0.05) is 65.7 Å². The second-order valence-corrected chi connectivity index (χ2v) is 36.6. The number of hydrogen-bond acceptors (Lipinski definition) is 12. The maximum atomic E-state index is 6.26. The third-order valence-electron chi connectivity index (χ3n) is 25.6. The van der Waals surface area contributed by atoms with Gasteiger partial charge in [-0.2, -0.15) is 0 Å². The molecule has 6 heterocycles. The van der Waals surface area contributed by atoms with E-state index in [2.05, 4.69) is 340 Å². The number of halogens is 6. The Labute approximate surface area is 864 Å². The fraction of sp³-hybridized carbons (Fsp3) is 0.00787. The molecule has 0 N–H and O–H groups in total. The smallest absolute Gasteiger partial charge is 0.218 e. The third-order valence-corrected chi connectivity index (χ3v) is 26.6. The van der Waals surface area contributed by atoms with Crippen molar-refractivity contribution < 1.29 is 0 Å². The van der Waals surface area contributed by atoms with E-state index in [9.17, 15) is 0 Å². The standard InChI is InChI=1S/3C24H15ClN2.C19H13ClN2.2C18H11ClN2/c25-24-26-22-13-7-6-12-20(22)23(27-24)21-15-18(16-8-2-1-3-9-16)14-17-10-4-5-11-19(17)21;25-24-26-22-13-7-6-12-21(22)23(27-24)20-15-14-17(16-8-2-1-3-9-16)18-10-4-5-11-19(18)20;25-24-26-22-9-5-4-8-21(22)23(27-24)19-13-11-17-10-12-18(14-20(17)15-19)16-6-2-1-3-7-16;1-12-10-11-15(14-7-3-2-6-13(12)14)18-16-8-4-5-9-17(16)21-19(20)22-18;19-18-20-16-11-4-3-9-15(16)17(21-18)14-10-5-7-12-6-1-2-8-13(12)14;19-18-20-16-8-4-3-7-15(16)17(21-18)14-10-9-12-5-1-2-6-13(12)11-14/h3*1-15H;2-11H,1H3;2*1-11H. The molecule has 690 valence electrons. The molecule has 0 aliphatic carbocycles. The van der Waals surface area contributed by atoms with Crippen LogP contribution in [0.2, 0.25) is 31.7 Å². The maximum Gasteiger partial charge on any atom is 0.223 e. The molecule has 145 heavy (non-hydrogen) atoms. The van der Waals surface area contributed by atoms with Crippen LogP contribution in [0.4, 0.5) is 0 Å². The first kappa shape index (κ1) is 93.0. The van der Waals surface area contributed by atoms with Gasteiger partial charge in [-0.05, 0) is 247 Å². The van der Waals surface area contributed by atoms with Crippen molar-refractivity contribution in [2.45, 2.75) is 6.92 Å². The van der Waals surface area contributed by atoms with Crippen molar-refractivity contribution in [3.05, 3.63) is 504 Å². The quantitative estimate of drug-likeness (QED) is 0.126. The zero-order valence-electron chi connectivity index (χ0n) is 77.6. The third kappa shape index (κ3) is 20.0. The van der Waals surface area contributed by atoms with E-state index in [1.807, 2.05) is 194 Å². The monoisotopic (exact) mass is 1980 g/mol. The van der Waals surface area contributed by atoms with Crippen LogP contribution in [-0.4, -0.2) is 59.8 Å². The van der Waals surface area contributed by atoms with Gasteiger partial charge in [-0.15, -0.1) is 0 Å². The van der Waals surface area contributed by atoms with Crippen LogP contribution in [0.25, 0.3) is 231 Å². The zero-order valence-corrected chi connectivity index (χ0v) is 82.1. The van der Waals surface area contributed by atoms with Gasteiger partial charge in [0.15, 0.2) is 0 Å². The van der Waals surface area contributed by atoms with Crippen LogP contribution in [0.1, 0.15) is 5.56 Å². The van der Waals surface area contributed by atoms with Gasteiger partial charge in [-0.25, -0.2) is 59.8 Å². The van der Waals surface area contributed by atoms with Gasteiger partial charge in [0.1, 0.15) is 0 Å². The minimum atomic E-state index is 0.262. The summed E-state index contributed by atoms with van der Waals surface area (Å²) in [5.41, 5.74) is 25.1. The fourth-order valence-electron chi connectivity index (χ4n) is 18.9. The highest BCUT2D eigenvalue weighted by Gasteiger charge is 2.21. The molecule has 0 aliphatic heterocycles. The summed E-state index contributed by atoms with van der Waals surface area (Å²) in [5, 5.41) is 21.9. The summed E-state index contributed by atoms with van der Waals surface area (Å²) in [6, 6.07) is 159. The summed E-state index contributed by atoms with van der Waals surface area (Å²) in [6.07, 6.45) is 0. The van der Waals surface area contributed by atoms with Crippen LogP contribution in [0.5, 0.6) is 0 Å². The summed E-state index contributed by atoms with van der Waals surface area (Å²) < 4.78 is 0. The van der Waals surface area contributed by atoms with Crippen molar-refractivity contribution in [1.29, 1.82) is 0 Å². The lowest BCUT2D eigenvalue weighted by Crippen LogP contribution is -1.93. The van der Waals surface area contributed by atoms with E-state index in [0.29, 0.717) is 0 Å². The summed E-state index contributed by atoms with van der Waals surface area (Å²) in [6.45, 7) is 2.12. The molecular formula is C127H80Cl6N12. The molecule has 0 unspecified atom stereocenters. The topological polar surface area (TPSA) is 155 Å². The van der Waals surface area contributed by atoms with Gasteiger partial charge in [-0.3, -0.25) is 0 Å². The predicted octanol–water partition coefficient (Wildman–Crippen LogP) is 35.9. The first-order valence-corrected chi connectivity index (χ1v) is 49.3. The molecule has 0 amide bonds. The van der Waals surface area contributed by atoms with Crippen LogP contribution >= 0.6 is 69.6 Å². The Hall–Kier alpha value is -17.0. The number of aryl methyl sites for hydroxylation is 1. The lowest BCUT2D eigenvalue weighted by Gasteiger charge is -2.13. The largest absolute Gasteiger partial charge is 0.223 e. The van der Waals surface area contributed by atoms with E-state index in [4.69, 9.17) is 69.6 Å². The van der Waals surface area contributed by atoms with Gasteiger partial charge < -0.3 is 0 Å². The second-order valence-electron chi connectivity index (χ2n) is 34.5. The van der Waals surface area contributed by atoms with Crippen LogP contribution < -0.4 is 0 Å². The minimum Gasteiger partial charge on any atom is -0.218 e. The fourth-order valence-corrected chi connectivity index (χ4v) is 19.9. The first-order chi connectivity index (χ1) is 71.3. The van der Waals surface area contributed by atoms with E-state index >= 15 is 0 Å². The molecule has 6 aromatic heterocycles. The summed E-state index contributed by atoms with van der Waals surface area (Å²) >= 11 is 37.0. The Balaban J connectivity index is 0.0000000995. The number of hydrogen-bond donors (Lipinski definition) is 0. The Morgan fingerprint density at radius 1 is 0.131 bits per heavy atom. The molecule has 0 spiro atoms. The lowest BCUT2D eigenvalue weighted by atomic mass is 9.93. The average molecular weight is 1990 g/mol. The molecule has 0 bridgehead atoms. The highest BCUT2D eigenvalue weighted by atomic mass is 35.5. The Kier molecular flexibility index (Phi) is 26.9. The molecule has 12 nitrogen and oxygen atoms in total. The highest BCUT2D eigenvalue weighted by Crippen LogP contribution is 2.43. The van der Waals surface area contributed by atoms with Crippen molar-refractivity contribution in [1.82, 2.24) is 59.8 Å². The molecule has 0 radical (unpaired) electrons. The summed E-state index contributed by atoms with van der Waals surface area (Å²) in [5.74, 6) is 0. The van der Waals surface area contributed by atoms with E-state index in [1.54, 1.807) is 0 Å². The molecule has 0 atom stereocenters. The Morgan fingerprint density at radius 2 is 0.393 bits per heavy atom. The predicted molar refractivity (Wildman–Crippen MR) is 606 cm³/mol. The number of fused-ring (bicyclic) bond motifs is 12. The van der Waals surface area contributed by atoms with Crippen LogP contribution in [-0.2, 0) is 0 Å². The molecule has 21 aromatic carbocycles. The Bertz CT molecular complexity index is 9590. The molecule has 0 fully saturated rings. The summed E-state index contributed by atoms with van der Waals surface area (Å²) in [4.78, 5) is 53.1. The van der Waals surface area contributed by atoms with Crippen molar-refractivity contribution >= 4 is 200 Å². The molecular weight excluding hydrogens is 1910 g/mol. The first-order valence-electron chi connectivity index (χ1n) is 47.0. The van der Waals surface area contributed by atoms with Gasteiger partial charge in [-0.1, -0.05) is 400 Å². The molecule has 18 heteroatoms.